The number of ketones is 1. The van der Waals surface area contributed by atoms with Gasteiger partial charge in [-0.2, -0.15) is 0 Å². The van der Waals surface area contributed by atoms with Crippen molar-refractivity contribution in [2.75, 3.05) is 0 Å². The third kappa shape index (κ3) is 6.38. The van der Waals surface area contributed by atoms with Crippen LogP contribution in [0.4, 0.5) is 0 Å². The van der Waals surface area contributed by atoms with Crippen LogP contribution in [0.25, 0.3) is 0 Å². The molecule has 0 aromatic heterocycles. The van der Waals surface area contributed by atoms with Gasteiger partial charge in [-0.05, 0) is 31.0 Å². The van der Waals surface area contributed by atoms with Gasteiger partial charge in [0.05, 0.1) is 0 Å². The fourth-order valence-electron chi connectivity index (χ4n) is 2.21. The van der Waals surface area contributed by atoms with Gasteiger partial charge in [0.15, 0.2) is 5.78 Å². The van der Waals surface area contributed by atoms with E-state index in [0.717, 1.165) is 22.0 Å². The Morgan fingerprint density at radius 2 is 1.68 bits per heavy atom. The van der Waals surface area contributed by atoms with Crippen molar-refractivity contribution < 1.29 is 4.79 Å². The lowest BCUT2D eigenvalue weighted by molar-refractivity contribution is 0.0979. The Hall–Kier alpha value is -0.630. The van der Waals surface area contributed by atoms with Gasteiger partial charge in [0, 0.05) is 16.5 Å². The molecule has 0 atom stereocenters. The second kappa shape index (κ2) is 9.30. The zero-order valence-electron chi connectivity index (χ0n) is 12.2. The Labute approximate surface area is 125 Å². The van der Waals surface area contributed by atoms with Crippen molar-refractivity contribution in [1.82, 2.24) is 0 Å². The van der Waals surface area contributed by atoms with Gasteiger partial charge in [-0.25, -0.2) is 0 Å². The predicted octanol–water partition coefficient (Wildman–Crippen LogP) is 6.08. The molecule has 0 N–H and O–H groups in total. The summed E-state index contributed by atoms with van der Waals surface area (Å²) in [5.41, 5.74) is 1.98. The number of Topliss-reactive ketones (excluding diaryl/α,β-unsaturated/α-hetero) is 1. The average molecular weight is 325 g/mol. The van der Waals surface area contributed by atoms with Gasteiger partial charge in [-0.15, -0.1) is 0 Å². The number of hydrogen-bond acceptors (Lipinski definition) is 1. The molecular weight excluding hydrogens is 300 g/mol. The van der Waals surface area contributed by atoms with Crippen LogP contribution in [0.3, 0.4) is 0 Å². The zero-order chi connectivity index (χ0) is 14.1. The summed E-state index contributed by atoms with van der Waals surface area (Å²) < 4.78 is 1.07. The largest absolute Gasteiger partial charge is 0.294 e. The number of hydrogen-bond donors (Lipinski definition) is 0. The summed E-state index contributed by atoms with van der Waals surface area (Å²) in [7, 11) is 0. The van der Waals surface area contributed by atoms with Crippen LogP contribution < -0.4 is 0 Å². The maximum Gasteiger partial charge on any atom is 0.162 e. The zero-order valence-corrected chi connectivity index (χ0v) is 13.8. The fraction of sp³-hybridized carbons (Fsp3) is 0.588. The van der Waals surface area contributed by atoms with Crippen molar-refractivity contribution >= 4 is 21.7 Å². The molecular formula is C17H25BrO. The fourth-order valence-corrected chi connectivity index (χ4v) is 2.45. The maximum absolute atomic E-state index is 12.0. The van der Waals surface area contributed by atoms with E-state index >= 15 is 0 Å². The Bertz CT molecular complexity index is 398. The first-order chi connectivity index (χ1) is 9.15. The van der Waals surface area contributed by atoms with Gasteiger partial charge < -0.3 is 0 Å². The van der Waals surface area contributed by atoms with Gasteiger partial charge in [-0.3, -0.25) is 4.79 Å². The van der Waals surface area contributed by atoms with Crippen LogP contribution in [0.2, 0.25) is 0 Å². The first kappa shape index (κ1) is 16.4. The number of aryl methyl sites for hydroxylation is 1. The molecule has 1 aromatic carbocycles. The average Bonchev–Trinajstić information content (AvgIpc) is 2.40. The molecule has 0 aliphatic heterocycles. The Morgan fingerprint density at radius 3 is 2.32 bits per heavy atom. The van der Waals surface area contributed by atoms with E-state index < -0.39 is 0 Å². The molecule has 0 saturated heterocycles. The molecule has 0 fully saturated rings. The maximum atomic E-state index is 12.0. The molecule has 0 unspecified atom stereocenters. The van der Waals surface area contributed by atoms with Gasteiger partial charge in [0.2, 0.25) is 0 Å². The van der Waals surface area contributed by atoms with Crippen LogP contribution >= 0.6 is 15.9 Å². The summed E-state index contributed by atoms with van der Waals surface area (Å²) >= 11 is 3.46. The van der Waals surface area contributed by atoms with Crippen LogP contribution in [0, 0.1) is 6.92 Å². The highest BCUT2D eigenvalue weighted by atomic mass is 79.9. The molecule has 0 bridgehead atoms. The highest BCUT2D eigenvalue weighted by Crippen LogP contribution is 2.19. The van der Waals surface area contributed by atoms with E-state index in [2.05, 4.69) is 22.9 Å². The van der Waals surface area contributed by atoms with Gasteiger partial charge in [-0.1, -0.05) is 67.4 Å². The number of unbranched alkanes of at least 4 members (excludes halogenated alkanes) is 6. The molecule has 1 aromatic rings. The SMILES string of the molecule is CCCCCCCCCC(=O)c1ccc(Br)c(C)c1. The Kier molecular flexibility index (Phi) is 8.04. The topological polar surface area (TPSA) is 17.1 Å². The van der Waals surface area contributed by atoms with Crippen LogP contribution in [0.1, 0.15) is 74.2 Å². The van der Waals surface area contributed by atoms with E-state index in [1.54, 1.807) is 0 Å². The summed E-state index contributed by atoms with van der Waals surface area (Å²) in [5.74, 6) is 0.282. The van der Waals surface area contributed by atoms with E-state index in [-0.39, 0.29) is 5.78 Å². The lowest BCUT2D eigenvalue weighted by Crippen LogP contribution is -1.99. The molecule has 1 nitrogen and oxygen atoms in total. The van der Waals surface area contributed by atoms with Crippen molar-refractivity contribution in [2.24, 2.45) is 0 Å². The first-order valence-electron chi connectivity index (χ1n) is 7.44. The molecule has 0 saturated carbocycles. The van der Waals surface area contributed by atoms with Gasteiger partial charge in [0.1, 0.15) is 0 Å². The van der Waals surface area contributed by atoms with E-state index in [1.165, 1.54) is 38.5 Å². The normalized spacial score (nSPS) is 10.7. The second-order valence-corrected chi connectivity index (χ2v) is 6.11. The van der Waals surface area contributed by atoms with E-state index in [1.807, 2.05) is 25.1 Å². The third-order valence-electron chi connectivity index (χ3n) is 3.49. The van der Waals surface area contributed by atoms with Crippen molar-refractivity contribution in [1.29, 1.82) is 0 Å². The van der Waals surface area contributed by atoms with Crippen molar-refractivity contribution in [3.05, 3.63) is 33.8 Å². The summed E-state index contributed by atoms with van der Waals surface area (Å²) in [6.45, 7) is 4.26. The van der Waals surface area contributed by atoms with Crippen molar-refractivity contribution in [3.8, 4) is 0 Å². The van der Waals surface area contributed by atoms with Crippen molar-refractivity contribution in [3.63, 3.8) is 0 Å². The minimum atomic E-state index is 0.282. The Morgan fingerprint density at radius 1 is 1.05 bits per heavy atom. The summed E-state index contributed by atoms with van der Waals surface area (Å²) in [4.78, 5) is 12.0. The van der Waals surface area contributed by atoms with Crippen LogP contribution in [0.5, 0.6) is 0 Å². The standard InChI is InChI=1S/C17H25BrO/c1-3-4-5-6-7-8-9-10-17(19)15-11-12-16(18)14(2)13-15/h11-13H,3-10H2,1-2H3. The summed E-state index contributed by atoms with van der Waals surface area (Å²) in [6.07, 6.45) is 9.47. The summed E-state index contributed by atoms with van der Waals surface area (Å²) in [5, 5.41) is 0. The highest BCUT2D eigenvalue weighted by molar-refractivity contribution is 9.10. The molecule has 0 aliphatic rings. The van der Waals surface area contributed by atoms with E-state index in [9.17, 15) is 4.79 Å². The number of benzene rings is 1. The number of rotatable bonds is 9. The molecule has 2 heteroatoms. The van der Waals surface area contributed by atoms with E-state index in [0.29, 0.717) is 6.42 Å². The van der Waals surface area contributed by atoms with Crippen LogP contribution in [0.15, 0.2) is 22.7 Å². The van der Waals surface area contributed by atoms with Gasteiger partial charge in [0.25, 0.3) is 0 Å². The monoisotopic (exact) mass is 324 g/mol. The minimum absolute atomic E-state index is 0.282. The molecule has 106 valence electrons. The smallest absolute Gasteiger partial charge is 0.162 e. The molecule has 19 heavy (non-hydrogen) atoms. The number of halogens is 1. The lowest BCUT2D eigenvalue weighted by Gasteiger charge is -2.04. The Balaban J connectivity index is 2.22. The lowest BCUT2D eigenvalue weighted by atomic mass is 10.0. The molecule has 1 rings (SSSR count). The van der Waals surface area contributed by atoms with Gasteiger partial charge >= 0.3 is 0 Å². The minimum Gasteiger partial charge on any atom is -0.294 e. The van der Waals surface area contributed by atoms with Crippen LogP contribution in [-0.2, 0) is 0 Å². The summed E-state index contributed by atoms with van der Waals surface area (Å²) in [6, 6.07) is 5.86. The predicted molar refractivity (Wildman–Crippen MR) is 85.8 cm³/mol. The first-order valence-corrected chi connectivity index (χ1v) is 8.23. The second-order valence-electron chi connectivity index (χ2n) is 5.26. The van der Waals surface area contributed by atoms with Crippen LogP contribution in [-0.4, -0.2) is 5.78 Å². The molecule has 0 heterocycles. The quantitative estimate of drug-likeness (QED) is 0.397. The molecule has 0 aliphatic carbocycles. The number of carbonyl (C=O) groups excluding carboxylic acids is 1. The van der Waals surface area contributed by atoms with Crippen molar-refractivity contribution in [2.45, 2.75) is 65.2 Å². The molecule has 0 radical (unpaired) electrons. The van der Waals surface area contributed by atoms with E-state index in [4.69, 9.17) is 0 Å². The third-order valence-corrected chi connectivity index (χ3v) is 4.38. The molecule has 0 spiro atoms. The molecule has 0 amide bonds. The highest BCUT2D eigenvalue weighted by Gasteiger charge is 2.06. The number of carbonyl (C=O) groups is 1.